The molecule has 1 aromatic carbocycles. The number of halogens is 4. The Kier molecular flexibility index (Phi) is 3.57. The number of hydrogen-bond acceptors (Lipinski definition) is 4. The number of alkyl halides is 3. The molecule has 3 aliphatic rings. The van der Waals surface area contributed by atoms with Crippen molar-refractivity contribution in [1.82, 2.24) is 5.32 Å². The molecular formula is C17H11BrF3NO3. The summed E-state index contributed by atoms with van der Waals surface area (Å²) < 4.78 is 43.9. The van der Waals surface area contributed by atoms with Crippen molar-refractivity contribution in [2.45, 2.75) is 24.9 Å². The third-order valence-corrected chi connectivity index (χ3v) is 5.29. The molecule has 0 spiro atoms. The van der Waals surface area contributed by atoms with Gasteiger partial charge in [0.2, 0.25) is 0 Å². The first kappa shape index (κ1) is 16.4. The predicted octanol–water partition coefficient (Wildman–Crippen LogP) is 3.58. The number of rotatable bonds is 1. The van der Waals surface area contributed by atoms with Crippen LogP contribution in [-0.4, -0.2) is 18.4 Å². The van der Waals surface area contributed by atoms with E-state index in [0.29, 0.717) is 35.2 Å². The van der Waals surface area contributed by atoms with E-state index in [1.807, 2.05) is 0 Å². The minimum Gasteiger partial charge on any atom is -0.456 e. The summed E-state index contributed by atoms with van der Waals surface area (Å²) in [7, 11) is 0. The van der Waals surface area contributed by atoms with Gasteiger partial charge in [0.25, 0.3) is 0 Å². The summed E-state index contributed by atoms with van der Waals surface area (Å²) in [5, 5.41) is 3.09. The largest absolute Gasteiger partial charge is 0.456 e. The Morgan fingerprint density at radius 1 is 1.12 bits per heavy atom. The van der Waals surface area contributed by atoms with Crippen LogP contribution in [0.2, 0.25) is 0 Å². The maximum Gasteiger partial charge on any atom is 0.417 e. The van der Waals surface area contributed by atoms with Crippen molar-refractivity contribution < 1.29 is 27.5 Å². The Bertz CT molecular complexity index is 846. The second-order valence-electron chi connectivity index (χ2n) is 6.08. The summed E-state index contributed by atoms with van der Waals surface area (Å²) in [6, 6.07) is 3.60. The SMILES string of the molecule is O=C1CCC2=C1C(c1ccc(C(F)(F)F)c(Br)c1)C1=C(COC1=O)N2. The summed E-state index contributed by atoms with van der Waals surface area (Å²) >= 11 is 2.96. The van der Waals surface area contributed by atoms with Gasteiger partial charge >= 0.3 is 12.1 Å². The van der Waals surface area contributed by atoms with E-state index in [1.165, 1.54) is 12.1 Å². The molecule has 130 valence electrons. The molecule has 1 aliphatic carbocycles. The van der Waals surface area contributed by atoms with Gasteiger partial charge in [0, 0.05) is 28.1 Å². The second-order valence-corrected chi connectivity index (χ2v) is 6.93. The Labute approximate surface area is 148 Å². The maximum absolute atomic E-state index is 13.0. The summed E-state index contributed by atoms with van der Waals surface area (Å²) in [4.78, 5) is 24.5. The topological polar surface area (TPSA) is 55.4 Å². The van der Waals surface area contributed by atoms with Crippen LogP contribution < -0.4 is 5.32 Å². The van der Waals surface area contributed by atoms with Gasteiger partial charge in [-0.1, -0.05) is 22.0 Å². The molecule has 4 rings (SSSR count). The van der Waals surface area contributed by atoms with Gasteiger partial charge in [0.15, 0.2) is 5.78 Å². The van der Waals surface area contributed by atoms with Gasteiger partial charge in [-0.3, -0.25) is 4.79 Å². The van der Waals surface area contributed by atoms with Crippen LogP contribution in [0.5, 0.6) is 0 Å². The third kappa shape index (κ3) is 2.50. The highest BCUT2D eigenvalue weighted by Gasteiger charge is 2.44. The van der Waals surface area contributed by atoms with Crippen LogP contribution in [0.4, 0.5) is 13.2 Å². The molecule has 0 bridgehead atoms. The van der Waals surface area contributed by atoms with Gasteiger partial charge in [0.05, 0.1) is 16.8 Å². The zero-order valence-corrected chi connectivity index (χ0v) is 14.3. The summed E-state index contributed by atoms with van der Waals surface area (Å²) in [6.07, 6.45) is -3.64. The number of allylic oxidation sites excluding steroid dienone is 2. The third-order valence-electron chi connectivity index (χ3n) is 4.63. The van der Waals surface area contributed by atoms with Gasteiger partial charge < -0.3 is 10.1 Å². The molecule has 2 aliphatic heterocycles. The van der Waals surface area contributed by atoms with Crippen molar-refractivity contribution in [3.63, 3.8) is 0 Å². The second kappa shape index (κ2) is 5.45. The Morgan fingerprint density at radius 3 is 2.56 bits per heavy atom. The van der Waals surface area contributed by atoms with Crippen molar-refractivity contribution in [2.24, 2.45) is 0 Å². The first-order valence-electron chi connectivity index (χ1n) is 7.57. The molecule has 8 heteroatoms. The van der Waals surface area contributed by atoms with Crippen LogP contribution >= 0.6 is 15.9 Å². The van der Waals surface area contributed by atoms with Crippen LogP contribution in [0.25, 0.3) is 0 Å². The van der Waals surface area contributed by atoms with Crippen molar-refractivity contribution in [2.75, 3.05) is 6.61 Å². The lowest BCUT2D eigenvalue weighted by molar-refractivity contribution is -0.138. The van der Waals surface area contributed by atoms with Gasteiger partial charge in [0.1, 0.15) is 6.61 Å². The van der Waals surface area contributed by atoms with Gasteiger partial charge in [-0.05, 0) is 24.1 Å². The first-order valence-corrected chi connectivity index (χ1v) is 8.36. The summed E-state index contributed by atoms with van der Waals surface area (Å²) in [5.41, 5.74) is 1.71. The van der Waals surface area contributed by atoms with Crippen molar-refractivity contribution >= 4 is 27.7 Å². The van der Waals surface area contributed by atoms with Gasteiger partial charge in [-0.2, -0.15) is 13.2 Å². The van der Waals surface area contributed by atoms with E-state index >= 15 is 0 Å². The number of Topliss-reactive ketones (excluding diaryl/α,β-unsaturated/α-hetero) is 1. The smallest absolute Gasteiger partial charge is 0.417 e. The highest BCUT2D eigenvalue weighted by atomic mass is 79.9. The highest BCUT2D eigenvalue weighted by Crippen LogP contribution is 2.46. The average molecular weight is 414 g/mol. The zero-order chi connectivity index (χ0) is 17.9. The number of ether oxygens (including phenoxy) is 1. The lowest BCUT2D eigenvalue weighted by Crippen LogP contribution is -2.26. The number of carbonyl (C=O) groups is 2. The molecule has 1 N–H and O–H groups in total. The first-order chi connectivity index (χ1) is 11.8. The quantitative estimate of drug-likeness (QED) is 0.714. The van der Waals surface area contributed by atoms with E-state index in [2.05, 4.69) is 21.2 Å². The Morgan fingerprint density at radius 2 is 1.88 bits per heavy atom. The van der Waals surface area contributed by atoms with Crippen LogP contribution in [0.15, 0.2) is 45.2 Å². The van der Waals surface area contributed by atoms with Gasteiger partial charge in [-0.25, -0.2) is 4.79 Å². The van der Waals surface area contributed by atoms with E-state index in [9.17, 15) is 22.8 Å². The number of ketones is 1. The Hall–Kier alpha value is -2.09. The Balaban J connectivity index is 1.86. The summed E-state index contributed by atoms with van der Waals surface area (Å²) in [5.74, 6) is -1.35. The predicted molar refractivity (Wildman–Crippen MR) is 84.3 cm³/mol. The molecule has 0 aromatic heterocycles. The lowest BCUT2D eigenvalue weighted by Gasteiger charge is -2.26. The number of nitrogens with one attached hydrogen (secondary N) is 1. The van der Waals surface area contributed by atoms with Gasteiger partial charge in [-0.15, -0.1) is 0 Å². The van der Waals surface area contributed by atoms with Crippen molar-refractivity contribution in [3.8, 4) is 0 Å². The molecule has 1 unspecified atom stereocenters. The average Bonchev–Trinajstić information content (AvgIpc) is 3.08. The van der Waals surface area contributed by atoms with Crippen LogP contribution in [0.1, 0.15) is 29.9 Å². The fourth-order valence-corrected chi connectivity index (χ4v) is 4.18. The number of hydrogen-bond donors (Lipinski definition) is 1. The van der Waals surface area contributed by atoms with E-state index in [0.717, 1.165) is 11.8 Å². The molecule has 0 radical (unpaired) electrons. The molecule has 0 amide bonds. The number of esters is 1. The highest BCUT2D eigenvalue weighted by molar-refractivity contribution is 9.10. The number of carbonyl (C=O) groups excluding carboxylic acids is 2. The normalized spacial score (nSPS) is 22.8. The minimum absolute atomic E-state index is 0.0808. The maximum atomic E-state index is 13.0. The molecule has 25 heavy (non-hydrogen) atoms. The molecule has 0 fully saturated rings. The molecule has 0 saturated carbocycles. The van der Waals surface area contributed by atoms with Crippen molar-refractivity contribution in [3.05, 3.63) is 56.3 Å². The van der Waals surface area contributed by atoms with Crippen LogP contribution in [-0.2, 0) is 20.5 Å². The van der Waals surface area contributed by atoms with E-state index in [1.54, 1.807) is 0 Å². The number of cyclic esters (lactones) is 1. The molecule has 1 aromatic rings. The number of benzene rings is 1. The minimum atomic E-state index is -4.49. The fourth-order valence-electron chi connectivity index (χ4n) is 3.55. The standard InChI is InChI=1S/C17H11BrF3NO3/c18-9-5-7(1-2-8(9)17(19,20)21)13-14-10(3-4-12(14)23)22-11-6-25-16(24)15(11)13/h1-2,5,13,22H,3-4,6H2. The van der Waals surface area contributed by atoms with E-state index in [4.69, 9.17) is 4.74 Å². The monoisotopic (exact) mass is 413 g/mol. The van der Waals surface area contributed by atoms with Crippen molar-refractivity contribution in [1.29, 1.82) is 0 Å². The zero-order valence-electron chi connectivity index (χ0n) is 12.7. The molecule has 1 atom stereocenters. The number of dihydropyridines is 1. The van der Waals surface area contributed by atoms with E-state index < -0.39 is 23.6 Å². The molecule has 4 nitrogen and oxygen atoms in total. The van der Waals surface area contributed by atoms with Crippen LogP contribution in [0.3, 0.4) is 0 Å². The molecule has 0 saturated heterocycles. The fraction of sp³-hybridized carbons (Fsp3) is 0.294. The van der Waals surface area contributed by atoms with Crippen LogP contribution in [0, 0.1) is 0 Å². The lowest BCUT2D eigenvalue weighted by atomic mass is 9.80. The molecular weight excluding hydrogens is 403 g/mol. The van der Waals surface area contributed by atoms with E-state index in [-0.39, 0.29) is 16.9 Å². The summed E-state index contributed by atoms with van der Waals surface area (Å²) in [6.45, 7) is 0.0808. The molecule has 2 heterocycles.